The molecule has 3 aromatic carbocycles. The van der Waals surface area contributed by atoms with E-state index in [-0.39, 0.29) is 52.8 Å². The summed E-state index contributed by atoms with van der Waals surface area (Å²) in [4.78, 5) is 39.7. The highest BCUT2D eigenvalue weighted by Gasteiger charge is 2.30. The maximum atomic E-state index is 13.5. The van der Waals surface area contributed by atoms with Gasteiger partial charge in [0.05, 0.1) is 23.6 Å². The van der Waals surface area contributed by atoms with Crippen LogP contribution in [0.1, 0.15) is 68.9 Å². The third kappa shape index (κ3) is 11.9. The number of nitrogens with one attached hydrogen (secondary N) is 3. The fourth-order valence-corrected chi connectivity index (χ4v) is 6.65. The van der Waals surface area contributed by atoms with Crippen LogP contribution in [-0.4, -0.2) is 56.5 Å². The molecule has 0 spiro atoms. The van der Waals surface area contributed by atoms with Crippen molar-refractivity contribution in [2.75, 3.05) is 17.1 Å². The van der Waals surface area contributed by atoms with Crippen LogP contribution in [0.2, 0.25) is 0 Å². The number of hydrogen-bond donors (Lipinski definition) is 5. The molecule has 0 fully saturated rings. The van der Waals surface area contributed by atoms with Gasteiger partial charge in [-0.3, -0.25) is 18.7 Å². The number of anilines is 2. The topological polar surface area (TPSA) is 171 Å². The largest absolute Gasteiger partial charge is 0.399 e. The van der Waals surface area contributed by atoms with E-state index in [4.69, 9.17) is 5.73 Å². The molecule has 6 N–H and O–H groups in total. The van der Waals surface area contributed by atoms with Gasteiger partial charge < -0.3 is 26.8 Å². The van der Waals surface area contributed by atoms with E-state index < -0.39 is 40.0 Å². The highest BCUT2D eigenvalue weighted by Crippen LogP contribution is 2.25. The molecule has 49 heavy (non-hydrogen) atoms. The highest BCUT2D eigenvalue weighted by molar-refractivity contribution is 7.92. The average Bonchev–Trinajstić information content (AvgIpc) is 3.05. The Balaban J connectivity index is 1.68. The lowest BCUT2D eigenvalue weighted by Gasteiger charge is -2.29. The normalized spacial score (nSPS) is 14.1. The molecule has 0 aliphatic carbocycles. The summed E-state index contributed by atoms with van der Waals surface area (Å²) in [5.41, 5.74) is 8.22. The van der Waals surface area contributed by atoms with E-state index in [1.54, 1.807) is 37.3 Å². The van der Waals surface area contributed by atoms with Crippen molar-refractivity contribution in [1.29, 1.82) is 0 Å². The molecule has 3 rings (SSSR count). The number of nitrogens with two attached hydrogens (primary N) is 1. The van der Waals surface area contributed by atoms with Gasteiger partial charge in [-0.25, -0.2) is 8.42 Å². The van der Waals surface area contributed by atoms with E-state index >= 15 is 0 Å². The maximum absolute atomic E-state index is 13.5. The fraction of sp³-hybridized carbons (Fsp3) is 0.432. The summed E-state index contributed by atoms with van der Waals surface area (Å²) in [6.45, 7) is 9.60. The predicted molar refractivity (Wildman–Crippen MR) is 194 cm³/mol. The van der Waals surface area contributed by atoms with Crippen LogP contribution in [0.15, 0.2) is 78.9 Å². The SMILES string of the molecule is CC(C)CC(NC(=O)c1cc(N)cc(N(C)S(=O)(=O)Cc2ccccc2)c1)C(O)CC(C)C(=O)N[C@H](C(=O)NCc1ccccc1)C(C)C. The van der Waals surface area contributed by atoms with Gasteiger partial charge in [0.25, 0.3) is 5.91 Å². The first-order valence-corrected chi connectivity index (χ1v) is 18.2. The smallest absolute Gasteiger partial charge is 0.251 e. The van der Waals surface area contributed by atoms with Crippen molar-refractivity contribution in [3.63, 3.8) is 0 Å². The lowest BCUT2D eigenvalue weighted by Crippen LogP contribution is -2.51. The van der Waals surface area contributed by atoms with Crippen LogP contribution in [-0.2, 0) is 31.9 Å². The van der Waals surface area contributed by atoms with Gasteiger partial charge >= 0.3 is 0 Å². The van der Waals surface area contributed by atoms with Crippen molar-refractivity contribution < 1.29 is 27.9 Å². The molecule has 0 aromatic heterocycles. The van der Waals surface area contributed by atoms with E-state index in [1.165, 1.54) is 25.2 Å². The standard InChI is InChI=1S/C37H51N5O6S/c1-24(2)17-32(33(43)18-26(5)35(44)41-34(25(3)4)37(46)39-22-27-13-9-7-10-14-27)40-36(45)29-19-30(38)21-31(20-29)42(6)49(47,48)23-28-15-11-8-12-16-28/h7-16,19-21,24-26,32-34,43H,17-18,22-23,38H2,1-6H3,(H,39,46)(H,40,45)(H,41,44)/t26?,32?,33?,34-/m0/s1. The zero-order valence-electron chi connectivity index (χ0n) is 29.2. The Kier molecular flexibility index (Phi) is 14.2. The van der Waals surface area contributed by atoms with Crippen molar-refractivity contribution in [2.45, 2.75) is 77.9 Å². The van der Waals surface area contributed by atoms with Gasteiger partial charge in [0, 0.05) is 30.8 Å². The Labute approximate surface area is 290 Å². The van der Waals surface area contributed by atoms with Crippen LogP contribution in [0, 0.1) is 17.8 Å². The molecule has 3 amide bonds. The molecular formula is C37H51N5O6S. The third-order valence-electron chi connectivity index (χ3n) is 8.28. The molecule has 3 aromatic rings. The first-order chi connectivity index (χ1) is 23.1. The molecule has 0 saturated heterocycles. The van der Waals surface area contributed by atoms with E-state index in [0.29, 0.717) is 18.5 Å². The van der Waals surface area contributed by atoms with Crippen LogP contribution in [0.25, 0.3) is 0 Å². The molecule has 0 aliphatic heterocycles. The van der Waals surface area contributed by atoms with Crippen molar-refractivity contribution in [3.8, 4) is 0 Å². The molecule has 0 saturated carbocycles. The van der Waals surface area contributed by atoms with Crippen LogP contribution >= 0.6 is 0 Å². The number of carbonyl (C=O) groups is 3. The monoisotopic (exact) mass is 693 g/mol. The fourth-order valence-electron chi connectivity index (χ4n) is 5.42. The molecule has 266 valence electrons. The molecule has 0 aliphatic rings. The summed E-state index contributed by atoms with van der Waals surface area (Å²) in [6.07, 6.45) is -0.646. The average molecular weight is 694 g/mol. The van der Waals surface area contributed by atoms with Gasteiger partial charge in [-0.05, 0) is 54.0 Å². The van der Waals surface area contributed by atoms with Gasteiger partial charge in [0.1, 0.15) is 6.04 Å². The summed E-state index contributed by atoms with van der Waals surface area (Å²) < 4.78 is 27.4. The number of benzene rings is 3. The summed E-state index contributed by atoms with van der Waals surface area (Å²) in [5.74, 6) is -2.22. The quantitative estimate of drug-likeness (QED) is 0.132. The van der Waals surface area contributed by atoms with E-state index in [2.05, 4.69) is 16.0 Å². The molecular weight excluding hydrogens is 643 g/mol. The number of nitrogen functional groups attached to an aromatic ring is 1. The first-order valence-electron chi connectivity index (χ1n) is 16.6. The number of carbonyl (C=O) groups excluding carboxylic acids is 3. The number of nitrogens with zero attached hydrogens (tertiary/aromatic N) is 1. The van der Waals surface area contributed by atoms with Crippen molar-refractivity contribution in [3.05, 3.63) is 95.6 Å². The van der Waals surface area contributed by atoms with Crippen molar-refractivity contribution in [1.82, 2.24) is 16.0 Å². The van der Waals surface area contributed by atoms with E-state index in [1.807, 2.05) is 58.0 Å². The van der Waals surface area contributed by atoms with Crippen LogP contribution in [0.4, 0.5) is 11.4 Å². The minimum Gasteiger partial charge on any atom is -0.399 e. The number of aliphatic hydroxyl groups is 1. The Morgan fingerprint density at radius 2 is 1.41 bits per heavy atom. The zero-order valence-corrected chi connectivity index (χ0v) is 30.0. The number of hydrogen-bond acceptors (Lipinski definition) is 7. The Morgan fingerprint density at radius 3 is 1.98 bits per heavy atom. The summed E-state index contributed by atoms with van der Waals surface area (Å²) in [5, 5.41) is 19.9. The summed E-state index contributed by atoms with van der Waals surface area (Å²) >= 11 is 0. The van der Waals surface area contributed by atoms with E-state index in [0.717, 1.165) is 9.87 Å². The second kappa shape index (κ2) is 17.8. The number of rotatable bonds is 17. The van der Waals surface area contributed by atoms with Crippen LogP contribution in [0.3, 0.4) is 0 Å². The molecule has 3 unspecified atom stereocenters. The molecule has 4 atom stereocenters. The third-order valence-corrected chi connectivity index (χ3v) is 10.0. The van der Waals surface area contributed by atoms with Crippen LogP contribution < -0.4 is 26.0 Å². The summed E-state index contributed by atoms with van der Waals surface area (Å²) in [7, 11) is -2.39. The van der Waals surface area contributed by atoms with E-state index in [9.17, 15) is 27.9 Å². The molecule has 0 bridgehead atoms. The van der Waals surface area contributed by atoms with Gasteiger partial charge in [-0.15, -0.1) is 0 Å². The molecule has 0 heterocycles. The minimum atomic E-state index is -3.79. The molecule has 11 nitrogen and oxygen atoms in total. The zero-order chi connectivity index (χ0) is 36.3. The maximum Gasteiger partial charge on any atom is 0.251 e. The van der Waals surface area contributed by atoms with Gasteiger partial charge in [-0.2, -0.15) is 0 Å². The van der Waals surface area contributed by atoms with Gasteiger partial charge in [0.15, 0.2) is 0 Å². The Bertz CT molecular complexity index is 1650. The van der Waals surface area contributed by atoms with Crippen molar-refractivity contribution in [2.24, 2.45) is 17.8 Å². The molecule has 12 heteroatoms. The lowest BCUT2D eigenvalue weighted by molar-refractivity contribution is -0.132. The first kappa shape index (κ1) is 39.0. The van der Waals surface area contributed by atoms with Gasteiger partial charge in [0.2, 0.25) is 21.8 Å². The Morgan fingerprint density at radius 1 is 0.816 bits per heavy atom. The number of sulfonamides is 1. The predicted octanol–water partition coefficient (Wildman–Crippen LogP) is 4.22. The number of aliphatic hydroxyl groups excluding tert-OH is 1. The highest BCUT2D eigenvalue weighted by atomic mass is 32.2. The molecule has 0 radical (unpaired) electrons. The Hall–Kier alpha value is -4.42. The lowest BCUT2D eigenvalue weighted by atomic mass is 9.91. The summed E-state index contributed by atoms with van der Waals surface area (Å²) in [6, 6.07) is 21.1. The second-order valence-corrected chi connectivity index (χ2v) is 15.4. The van der Waals surface area contributed by atoms with Crippen molar-refractivity contribution >= 4 is 39.1 Å². The van der Waals surface area contributed by atoms with Crippen LogP contribution in [0.5, 0.6) is 0 Å². The minimum absolute atomic E-state index is 0.0304. The second-order valence-electron chi connectivity index (χ2n) is 13.4. The van der Waals surface area contributed by atoms with Gasteiger partial charge in [-0.1, -0.05) is 95.3 Å². The number of amides is 3.